The van der Waals surface area contributed by atoms with Crippen LogP contribution in [0.1, 0.15) is 25.3 Å². The standard InChI is InChI=1S/C10H15NO2/c1-2-3-6-11-7-4-5-9(8-12)10(11)13/h4-5,7,12H,2-3,6,8H2,1H3. The third-order valence-corrected chi connectivity index (χ3v) is 2.02. The first-order chi connectivity index (χ1) is 6.29. The fraction of sp³-hybridized carbons (Fsp3) is 0.500. The molecule has 0 aliphatic heterocycles. The van der Waals surface area contributed by atoms with Crippen LogP contribution in [0.15, 0.2) is 23.1 Å². The number of rotatable bonds is 4. The number of aliphatic hydroxyl groups excluding tert-OH is 1. The lowest BCUT2D eigenvalue weighted by Crippen LogP contribution is -2.22. The Morgan fingerprint density at radius 1 is 1.54 bits per heavy atom. The number of pyridine rings is 1. The van der Waals surface area contributed by atoms with Crippen LogP contribution in [0.5, 0.6) is 0 Å². The maximum Gasteiger partial charge on any atom is 0.256 e. The van der Waals surface area contributed by atoms with Crippen molar-refractivity contribution >= 4 is 0 Å². The minimum atomic E-state index is -0.175. The van der Waals surface area contributed by atoms with Crippen molar-refractivity contribution in [1.82, 2.24) is 4.57 Å². The molecule has 1 N–H and O–H groups in total. The van der Waals surface area contributed by atoms with Crippen molar-refractivity contribution in [3.63, 3.8) is 0 Å². The second-order valence-electron chi connectivity index (χ2n) is 3.04. The van der Waals surface area contributed by atoms with E-state index >= 15 is 0 Å². The van der Waals surface area contributed by atoms with Gasteiger partial charge in [-0.1, -0.05) is 13.3 Å². The maximum atomic E-state index is 11.5. The number of unbranched alkanes of at least 4 members (excludes halogenated alkanes) is 1. The Balaban J connectivity index is 2.88. The third-order valence-electron chi connectivity index (χ3n) is 2.02. The van der Waals surface area contributed by atoms with Crippen LogP contribution in [0.25, 0.3) is 0 Å². The number of aliphatic hydroxyl groups is 1. The van der Waals surface area contributed by atoms with Gasteiger partial charge in [0.2, 0.25) is 0 Å². The highest BCUT2D eigenvalue weighted by Gasteiger charge is 2.00. The lowest BCUT2D eigenvalue weighted by molar-refractivity contribution is 0.279. The zero-order valence-corrected chi connectivity index (χ0v) is 7.86. The van der Waals surface area contributed by atoms with Gasteiger partial charge in [-0.2, -0.15) is 0 Å². The summed E-state index contributed by atoms with van der Waals surface area (Å²) in [4.78, 5) is 11.5. The van der Waals surface area contributed by atoms with Gasteiger partial charge in [0.05, 0.1) is 6.61 Å². The summed E-state index contributed by atoms with van der Waals surface area (Å²) in [6, 6.07) is 3.45. The van der Waals surface area contributed by atoms with Gasteiger partial charge in [0.1, 0.15) is 0 Å². The Morgan fingerprint density at radius 3 is 2.92 bits per heavy atom. The molecule has 0 amide bonds. The fourth-order valence-electron chi connectivity index (χ4n) is 1.21. The maximum absolute atomic E-state index is 11.5. The summed E-state index contributed by atoms with van der Waals surface area (Å²) in [6.07, 6.45) is 3.82. The Kier molecular flexibility index (Phi) is 3.71. The molecule has 0 bridgehead atoms. The molecule has 3 nitrogen and oxygen atoms in total. The van der Waals surface area contributed by atoms with E-state index in [2.05, 4.69) is 6.92 Å². The molecule has 0 aromatic carbocycles. The van der Waals surface area contributed by atoms with Crippen LogP contribution in [0.2, 0.25) is 0 Å². The molecule has 72 valence electrons. The molecule has 0 saturated carbocycles. The van der Waals surface area contributed by atoms with E-state index in [4.69, 9.17) is 5.11 Å². The number of hydrogen-bond acceptors (Lipinski definition) is 2. The van der Waals surface area contributed by atoms with Gasteiger partial charge in [-0.05, 0) is 18.6 Å². The van der Waals surface area contributed by atoms with Gasteiger partial charge in [-0.25, -0.2) is 0 Å². The van der Waals surface area contributed by atoms with Gasteiger partial charge in [0, 0.05) is 18.3 Å². The quantitative estimate of drug-likeness (QED) is 0.756. The molecule has 1 heterocycles. The van der Waals surface area contributed by atoms with Crippen molar-refractivity contribution in [3.05, 3.63) is 34.2 Å². The Labute approximate surface area is 77.6 Å². The summed E-state index contributed by atoms with van der Waals surface area (Å²) >= 11 is 0. The van der Waals surface area contributed by atoms with E-state index in [1.165, 1.54) is 0 Å². The normalized spacial score (nSPS) is 10.3. The van der Waals surface area contributed by atoms with Gasteiger partial charge in [0.25, 0.3) is 5.56 Å². The molecule has 13 heavy (non-hydrogen) atoms. The summed E-state index contributed by atoms with van der Waals surface area (Å²) in [5.41, 5.74) is 0.400. The predicted molar refractivity (Wildman–Crippen MR) is 51.5 cm³/mol. The van der Waals surface area contributed by atoms with Crippen LogP contribution in [0.3, 0.4) is 0 Å². The molecule has 0 aliphatic rings. The average Bonchev–Trinajstić information content (AvgIpc) is 2.16. The zero-order valence-electron chi connectivity index (χ0n) is 7.86. The van der Waals surface area contributed by atoms with E-state index in [9.17, 15) is 4.79 Å². The van der Waals surface area contributed by atoms with Crippen molar-refractivity contribution in [3.8, 4) is 0 Å². The number of hydrogen-bond donors (Lipinski definition) is 1. The van der Waals surface area contributed by atoms with Crippen molar-refractivity contribution in [2.75, 3.05) is 0 Å². The van der Waals surface area contributed by atoms with Crippen LogP contribution < -0.4 is 5.56 Å². The van der Waals surface area contributed by atoms with Gasteiger partial charge in [0.15, 0.2) is 0 Å². The molecule has 0 atom stereocenters. The van der Waals surface area contributed by atoms with E-state index in [-0.39, 0.29) is 12.2 Å². The monoisotopic (exact) mass is 181 g/mol. The number of aryl methyl sites for hydroxylation is 1. The highest BCUT2D eigenvalue weighted by molar-refractivity contribution is 5.08. The molecule has 0 unspecified atom stereocenters. The minimum absolute atomic E-state index is 0.0709. The minimum Gasteiger partial charge on any atom is -0.391 e. The Bertz CT molecular complexity index is 317. The van der Waals surface area contributed by atoms with E-state index < -0.39 is 0 Å². The lowest BCUT2D eigenvalue weighted by atomic mass is 10.3. The number of aromatic nitrogens is 1. The molecule has 1 aromatic heterocycles. The second-order valence-corrected chi connectivity index (χ2v) is 3.04. The molecule has 0 fully saturated rings. The first-order valence-electron chi connectivity index (χ1n) is 4.58. The highest BCUT2D eigenvalue weighted by atomic mass is 16.3. The Hall–Kier alpha value is -1.09. The molecule has 0 radical (unpaired) electrons. The van der Waals surface area contributed by atoms with Crippen molar-refractivity contribution in [2.24, 2.45) is 0 Å². The summed E-state index contributed by atoms with van der Waals surface area (Å²) in [5.74, 6) is 0. The summed E-state index contributed by atoms with van der Waals surface area (Å²) in [7, 11) is 0. The number of nitrogens with zero attached hydrogens (tertiary/aromatic N) is 1. The first-order valence-corrected chi connectivity index (χ1v) is 4.58. The molecule has 0 saturated heterocycles. The lowest BCUT2D eigenvalue weighted by Gasteiger charge is -2.05. The van der Waals surface area contributed by atoms with Crippen LogP contribution in [-0.2, 0) is 13.2 Å². The summed E-state index contributed by atoms with van der Waals surface area (Å²) in [5, 5.41) is 8.85. The molecule has 0 spiro atoms. The highest BCUT2D eigenvalue weighted by Crippen LogP contribution is 1.94. The van der Waals surface area contributed by atoms with Crippen LogP contribution in [0.4, 0.5) is 0 Å². The largest absolute Gasteiger partial charge is 0.391 e. The van der Waals surface area contributed by atoms with Crippen LogP contribution in [-0.4, -0.2) is 9.67 Å². The zero-order chi connectivity index (χ0) is 9.68. The molecular formula is C10H15NO2. The summed E-state index contributed by atoms with van der Waals surface area (Å²) in [6.45, 7) is 2.65. The molecule has 1 rings (SSSR count). The van der Waals surface area contributed by atoms with Crippen LogP contribution in [0, 0.1) is 0 Å². The smallest absolute Gasteiger partial charge is 0.256 e. The molecule has 1 aromatic rings. The average molecular weight is 181 g/mol. The van der Waals surface area contributed by atoms with E-state index in [0.29, 0.717) is 5.56 Å². The SMILES string of the molecule is CCCCn1cccc(CO)c1=O. The first kappa shape index (κ1) is 9.99. The molecular weight excluding hydrogens is 166 g/mol. The summed E-state index contributed by atoms with van der Waals surface area (Å²) < 4.78 is 1.65. The van der Waals surface area contributed by atoms with E-state index in [0.717, 1.165) is 19.4 Å². The van der Waals surface area contributed by atoms with E-state index in [1.54, 1.807) is 22.9 Å². The van der Waals surface area contributed by atoms with Crippen LogP contribution >= 0.6 is 0 Å². The Morgan fingerprint density at radius 2 is 2.31 bits per heavy atom. The molecule has 3 heteroatoms. The van der Waals surface area contributed by atoms with Gasteiger partial charge in [-0.3, -0.25) is 4.79 Å². The predicted octanol–water partition coefficient (Wildman–Crippen LogP) is 1.14. The van der Waals surface area contributed by atoms with Gasteiger partial charge in [-0.15, -0.1) is 0 Å². The molecule has 0 aliphatic carbocycles. The van der Waals surface area contributed by atoms with Crippen molar-refractivity contribution in [2.45, 2.75) is 32.9 Å². The fourth-order valence-corrected chi connectivity index (χ4v) is 1.21. The van der Waals surface area contributed by atoms with Gasteiger partial charge < -0.3 is 9.67 Å². The third kappa shape index (κ3) is 2.42. The van der Waals surface area contributed by atoms with Gasteiger partial charge >= 0.3 is 0 Å². The van der Waals surface area contributed by atoms with E-state index in [1.807, 2.05) is 0 Å². The van der Waals surface area contributed by atoms with Crippen molar-refractivity contribution in [1.29, 1.82) is 0 Å². The van der Waals surface area contributed by atoms with Crippen molar-refractivity contribution < 1.29 is 5.11 Å². The topological polar surface area (TPSA) is 42.2 Å². The second kappa shape index (κ2) is 4.82.